The summed E-state index contributed by atoms with van der Waals surface area (Å²) >= 11 is 0. The summed E-state index contributed by atoms with van der Waals surface area (Å²) in [6.45, 7) is 0. The highest BCUT2D eigenvalue weighted by Crippen LogP contribution is 2.21. The van der Waals surface area contributed by atoms with Crippen LogP contribution in [0.4, 0.5) is 0 Å². The number of rotatable bonds is 3. The molecule has 1 N–H and O–H groups in total. The SMILES string of the molecule is CS(=O)(=O)c1cc(C(=O)O)ccc1-n1cccn1. The van der Waals surface area contributed by atoms with Crippen LogP contribution < -0.4 is 0 Å². The summed E-state index contributed by atoms with van der Waals surface area (Å²) in [4.78, 5) is 10.8. The van der Waals surface area contributed by atoms with Crippen molar-refractivity contribution in [3.05, 3.63) is 42.2 Å². The van der Waals surface area contributed by atoms with Crippen LogP contribution in [0.1, 0.15) is 10.4 Å². The number of carboxylic acid groups (broad SMARTS) is 1. The number of hydrogen-bond donors (Lipinski definition) is 1. The van der Waals surface area contributed by atoms with Gasteiger partial charge >= 0.3 is 5.97 Å². The average Bonchev–Trinajstić information content (AvgIpc) is 2.80. The molecule has 0 saturated heterocycles. The van der Waals surface area contributed by atoms with Gasteiger partial charge in [0.05, 0.1) is 16.1 Å². The van der Waals surface area contributed by atoms with Crippen LogP contribution in [-0.4, -0.2) is 35.5 Å². The topological polar surface area (TPSA) is 89.3 Å². The van der Waals surface area contributed by atoms with Crippen LogP contribution in [0.25, 0.3) is 5.69 Å². The molecule has 94 valence electrons. The zero-order valence-corrected chi connectivity index (χ0v) is 10.3. The predicted octanol–water partition coefficient (Wildman–Crippen LogP) is 0.974. The van der Waals surface area contributed by atoms with Crippen LogP contribution in [-0.2, 0) is 9.84 Å². The van der Waals surface area contributed by atoms with Gasteiger partial charge in [0.1, 0.15) is 0 Å². The molecule has 0 aliphatic heterocycles. The van der Waals surface area contributed by atoms with Gasteiger partial charge in [0.15, 0.2) is 9.84 Å². The lowest BCUT2D eigenvalue weighted by atomic mass is 10.2. The molecular weight excluding hydrogens is 256 g/mol. The molecule has 0 atom stereocenters. The van der Waals surface area contributed by atoms with E-state index in [1.807, 2.05) is 0 Å². The average molecular weight is 266 g/mol. The fourth-order valence-corrected chi connectivity index (χ4v) is 2.43. The van der Waals surface area contributed by atoms with Crippen molar-refractivity contribution in [1.82, 2.24) is 9.78 Å². The molecule has 0 amide bonds. The van der Waals surface area contributed by atoms with E-state index in [1.165, 1.54) is 23.0 Å². The van der Waals surface area contributed by atoms with E-state index in [2.05, 4.69) is 5.10 Å². The van der Waals surface area contributed by atoms with E-state index >= 15 is 0 Å². The number of sulfone groups is 1. The molecule has 18 heavy (non-hydrogen) atoms. The molecule has 6 nitrogen and oxygen atoms in total. The third-order valence-electron chi connectivity index (χ3n) is 2.36. The number of carbonyl (C=O) groups is 1. The molecule has 0 spiro atoms. The molecule has 2 aromatic rings. The van der Waals surface area contributed by atoms with Crippen molar-refractivity contribution in [2.24, 2.45) is 0 Å². The zero-order valence-electron chi connectivity index (χ0n) is 9.44. The molecule has 0 bridgehead atoms. The van der Waals surface area contributed by atoms with Crippen molar-refractivity contribution in [3.8, 4) is 5.69 Å². The van der Waals surface area contributed by atoms with Crippen molar-refractivity contribution < 1.29 is 18.3 Å². The first-order valence-electron chi connectivity index (χ1n) is 4.97. The Morgan fingerprint density at radius 2 is 2.11 bits per heavy atom. The fourth-order valence-electron chi connectivity index (χ4n) is 1.54. The summed E-state index contributed by atoms with van der Waals surface area (Å²) in [5, 5.41) is 12.8. The largest absolute Gasteiger partial charge is 0.478 e. The van der Waals surface area contributed by atoms with E-state index in [4.69, 9.17) is 5.11 Å². The molecule has 0 unspecified atom stereocenters. The third-order valence-corrected chi connectivity index (χ3v) is 3.48. The van der Waals surface area contributed by atoms with Crippen LogP contribution >= 0.6 is 0 Å². The van der Waals surface area contributed by atoms with Gasteiger partial charge in [-0.2, -0.15) is 5.10 Å². The summed E-state index contributed by atoms with van der Waals surface area (Å²) < 4.78 is 24.8. The minimum atomic E-state index is -3.54. The second kappa shape index (κ2) is 4.26. The van der Waals surface area contributed by atoms with Gasteiger partial charge in [-0.05, 0) is 24.3 Å². The summed E-state index contributed by atoms with van der Waals surface area (Å²) in [6.07, 6.45) is 4.13. The van der Waals surface area contributed by atoms with Crippen LogP contribution in [0.15, 0.2) is 41.6 Å². The highest BCUT2D eigenvalue weighted by atomic mass is 32.2. The maximum Gasteiger partial charge on any atom is 0.335 e. The Labute approximate surface area is 103 Å². The summed E-state index contributed by atoms with van der Waals surface area (Å²) in [7, 11) is -3.54. The Balaban J connectivity index is 2.72. The monoisotopic (exact) mass is 266 g/mol. The van der Waals surface area contributed by atoms with Crippen LogP contribution in [0.2, 0.25) is 0 Å². The second-order valence-electron chi connectivity index (χ2n) is 3.71. The standard InChI is InChI=1S/C11H10N2O4S/c1-18(16,17)10-7-8(11(14)15)3-4-9(10)13-6-2-5-12-13/h2-7H,1H3,(H,14,15). The maximum atomic E-state index is 11.7. The van der Waals surface area contributed by atoms with Crippen molar-refractivity contribution in [2.75, 3.05) is 6.26 Å². The van der Waals surface area contributed by atoms with Gasteiger partial charge in [-0.25, -0.2) is 17.9 Å². The normalized spacial score (nSPS) is 11.4. The molecule has 1 aromatic carbocycles. The predicted molar refractivity (Wildman–Crippen MR) is 63.6 cm³/mol. The summed E-state index contributed by atoms with van der Waals surface area (Å²) in [5.41, 5.74) is 0.249. The lowest BCUT2D eigenvalue weighted by molar-refractivity contribution is 0.0696. The van der Waals surface area contributed by atoms with E-state index in [0.717, 1.165) is 12.3 Å². The van der Waals surface area contributed by atoms with Crippen molar-refractivity contribution >= 4 is 15.8 Å². The minimum Gasteiger partial charge on any atom is -0.478 e. The van der Waals surface area contributed by atoms with Crippen molar-refractivity contribution in [2.45, 2.75) is 4.90 Å². The molecule has 0 saturated carbocycles. The fraction of sp³-hybridized carbons (Fsp3) is 0.0909. The Morgan fingerprint density at radius 3 is 2.61 bits per heavy atom. The molecule has 0 fully saturated rings. The number of hydrogen-bond acceptors (Lipinski definition) is 4. The number of aromatic carboxylic acids is 1. The molecule has 0 aliphatic carbocycles. The molecule has 0 aliphatic rings. The van der Waals surface area contributed by atoms with Crippen LogP contribution in [0.5, 0.6) is 0 Å². The van der Waals surface area contributed by atoms with Crippen LogP contribution in [0.3, 0.4) is 0 Å². The second-order valence-corrected chi connectivity index (χ2v) is 5.69. The lowest BCUT2D eigenvalue weighted by Gasteiger charge is -2.08. The third kappa shape index (κ3) is 2.25. The van der Waals surface area contributed by atoms with E-state index in [1.54, 1.807) is 12.3 Å². The lowest BCUT2D eigenvalue weighted by Crippen LogP contribution is -2.08. The first-order chi connectivity index (χ1) is 8.39. The smallest absolute Gasteiger partial charge is 0.335 e. The maximum absolute atomic E-state index is 11.7. The number of aromatic nitrogens is 2. The quantitative estimate of drug-likeness (QED) is 0.894. The van der Waals surface area contributed by atoms with E-state index < -0.39 is 15.8 Å². The highest BCUT2D eigenvalue weighted by Gasteiger charge is 2.17. The Morgan fingerprint density at radius 1 is 1.39 bits per heavy atom. The first kappa shape index (κ1) is 12.3. The van der Waals surface area contributed by atoms with Gasteiger partial charge in [0.25, 0.3) is 0 Å². The van der Waals surface area contributed by atoms with E-state index in [-0.39, 0.29) is 10.5 Å². The Kier molecular flexibility index (Phi) is 2.92. The molecule has 1 heterocycles. The van der Waals surface area contributed by atoms with Gasteiger partial charge in [-0.15, -0.1) is 0 Å². The Bertz CT molecular complexity index is 690. The highest BCUT2D eigenvalue weighted by molar-refractivity contribution is 7.90. The van der Waals surface area contributed by atoms with Crippen LogP contribution in [0, 0.1) is 0 Å². The van der Waals surface area contributed by atoms with E-state index in [0.29, 0.717) is 5.69 Å². The van der Waals surface area contributed by atoms with Gasteiger partial charge in [0.2, 0.25) is 0 Å². The number of nitrogens with zero attached hydrogens (tertiary/aromatic N) is 2. The Hall–Kier alpha value is -2.15. The number of carboxylic acids is 1. The molecule has 0 radical (unpaired) electrons. The molecule has 2 rings (SSSR count). The zero-order chi connectivity index (χ0) is 13.3. The summed E-state index contributed by atoms with van der Waals surface area (Å²) in [6, 6.07) is 5.55. The van der Waals surface area contributed by atoms with Gasteiger partial charge in [-0.3, -0.25) is 0 Å². The van der Waals surface area contributed by atoms with E-state index in [9.17, 15) is 13.2 Å². The molecular formula is C11H10N2O4S. The summed E-state index contributed by atoms with van der Waals surface area (Å²) in [5.74, 6) is -1.17. The van der Waals surface area contributed by atoms with Gasteiger partial charge in [-0.1, -0.05) is 0 Å². The van der Waals surface area contributed by atoms with Gasteiger partial charge in [0, 0.05) is 18.6 Å². The van der Waals surface area contributed by atoms with Crippen molar-refractivity contribution in [1.29, 1.82) is 0 Å². The number of benzene rings is 1. The van der Waals surface area contributed by atoms with Gasteiger partial charge < -0.3 is 5.11 Å². The molecule has 7 heteroatoms. The molecule has 1 aromatic heterocycles. The first-order valence-corrected chi connectivity index (χ1v) is 6.86. The van der Waals surface area contributed by atoms with Crippen molar-refractivity contribution in [3.63, 3.8) is 0 Å². The minimum absolute atomic E-state index is 0.0638.